The monoisotopic (exact) mass is 271 g/mol. The molecule has 2 saturated heterocycles. The second-order valence-corrected chi connectivity index (χ2v) is 5.31. The van der Waals surface area contributed by atoms with Crippen LogP contribution < -0.4 is 10.6 Å². The Labute approximate surface area is 114 Å². The summed E-state index contributed by atoms with van der Waals surface area (Å²) < 4.78 is 11.0. The first-order chi connectivity index (χ1) is 9.20. The van der Waals surface area contributed by atoms with Crippen molar-refractivity contribution in [3.63, 3.8) is 0 Å². The summed E-state index contributed by atoms with van der Waals surface area (Å²) in [5.41, 5.74) is 0. The number of carbonyl (C=O) groups is 1. The normalized spacial score (nSPS) is 32.4. The van der Waals surface area contributed by atoms with Crippen LogP contribution in [0.25, 0.3) is 0 Å². The molecule has 2 fully saturated rings. The molecular weight excluding hydrogens is 246 g/mol. The van der Waals surface area contributed by atoms with Gasteiger partial charge in [-0.2, -0.15) is 0 Å². The lowest BCUT2D eigenvalue weighted by Gasteiger charge is -2.30. The van der Waals surface area contributed by atoms with Gasteiger partial charge in [0, 0.05) is 25.7 Å². The standard InChI is InChI=1S/C13H25N3O3/c1-3-14-12-9-18-8-11(12)13(17)15-6-10-7-16(2)4-5-19-10/h10-12,14H,3-9H2,1-2H3,(H,15,17). The van der Waals surface area contributed by atoms with Gasteiger partial charge in [-0.25, -0.2) is 0 Å². The van der Waals surface area contributed by atoms with Crippen LogP contribution in [0.5, 0.6) is 0 Å². The summed E-state index contributed by atoms with van der Waals surface area (Å²) in [5, 5.41) is 6.29. The molecule has 110 valence electrons. The highest BCUT2D eigenvalue weighted by Gasteiger charge is 2.33. The van der Waals surface area contributed by atoms with Gasteiger partial charge in [-0.1, -0.05) is 6.92 Å². The summed E-state index contributed by atoms with van der Waals surface area (Å²) >= 11 is 0. The fourth-order valence-corrected chi connectivity index (χ4v) is 2.61. The molecule has 0 aromatic heterocycles. The lowest BCUT2D eigenvalue weighted by Crippen LogP contribution is -2.49. The third-order valence-corrected chi connectivity index (χ3v) is 3.73. The van der Waals surface area contributed by atoms with Crippen molar-refractivity contribution in [2.75, 3.05) is 53.0 Å². The minimum Gasteiger partial charge on any atom is -0.379 e. The van der Waals surface area contributed by atoms with E-state index in [1.54, 1.807) is 0 Å². The third kappa shape index (κ3) is 4.14. The first kappa shape index (κ1) is 14.7. The van der Waals surface area contributed by atoms with E-state index >= 15 is 0 Å². The van der Waals surface area contributed by atoms with Gasteiger partial charge in [-0.15, -0.1) is 0 Å². The van der Waals surface area contributed by atoms with Gasteiger partial charge in [0.15, 0.2) is 0 Å². The Morgan fingerprint density at radius 3 is 3.00 bits per heavy atom. The second kappa shape index (κ2) is 7.19. The van der Waals surface area contributed by atoms with Crippen LogP contribution in [-0.4, -0.2) is 76.0 Å². The van der Waals surface area contributed by atoms with E-state index in [4.69, 9.17) is 9.47 Å². The Hall–Kier alpha value is -0.690. The van der Waals surface area contributed by atoms with Crippen molar-refractivity contribution in [2.45, 2.75) is 19.1 Å². The molecule has 1 amide bonds. The summed E-state index contributed by atoms with van der Waals surface area (Å²) in [5.74, 6) is -0.0125. The van der Waals surface area contributed by atoms with E-state index in [0.29, 0.717) is 19.8 Å². The van der Waals surface area contributed by atoms with Crippen LogP contribution in [0, 0.1) is 5.92 Å². The lowest BCUT2D eigenvalue weighted by atomic mass is 10.0. The minimum atomic E-state index is -0.0822. The van der Waals surface area contributed by atoms with Crippen LogP contribution in [0.4, 0.5) is 0 Å². The lowest BCUT2D eigenvalue weighted by molar-refractivity contribution is -0.126. The van der Waals surface area contributed by atoms with Crippen LogP contribution in [0.15, 0.2) is 0 Å². The molecule has 2 aliphatic heterocycles. The molecule has 2 N–H and O–H groups in total. The summed E-state index contributed by atoms with van der Waals surface area (Å²) in [4.78, 5) is 14.4. The van der Waals surface area contributed by atoms with Crippen molar-refractivity contribution in [2.24, 2.45) is 5.92 Å². The molecule has 3 atom stereocenters. The van der Waals surface area contributed by atoms with E-state index in [1.165, 1.54) is 0 Å². The van der Waals surface area contributed by atoms with E-state index in [2.05, 4.69) is 22.6 Å². The maximum Gasteiger partial charge on any atom is 0.227 e. The number of carbonyl (C=O) groups excluding carboxylic acids is 1. The Morgan fingerprint density at radius 1 is 1.42 bits per heavy atom. The van der Waals surface area contributed by atoms with Gasteiger partial charge >= 0.3 is 0 Å². The Balaban J connectivity index is 1.74. The SMILES string of the molecule is CCNC1COCC1C(=O)NCC1CN(C)CCO1. The van der Waals surface area contributed by atoms with E-state index < -0.39 is 0 Å². The molecule has 2 aliphatic rings. The van der Waals surface area contributed by atoms with Crippen LogP contribution in [0.3, 0.4) is 0 Å². The van der Waals surface area contributed by atoms with Gasteiger partial charge in [0.1, 0.15) is 0 Å². The van der Waals surface area contributed by atoms with Crippen molar-refractivity contribution in [1.82, 2.24) is 15.5 Å². The third-order valence-electron chi connectivity index (χ3n) is 3.73. The molecule has 6 nitrogen and oxygen atoms in total. The summed E-state index contributed by atoms with van der Waals surface area (Å²) in [6, 6.07) is 0.139. The first-order valence-electron chi connectivity index (χ1n) is 7.09. The van der Waals surface area contributed by atoms with Crippen LogP contribution in [0.1, 0.15) is 6.92 Å². The van der Waals surface area contributed by atoms with Gasteiger partial charge in [0.2, 0.25) is 5.91 Å². The highest BCUT2D eigenvalue weighted by molar-refractivity contribution is 5.79. The topological polar surface area (TPSA) is 62.8 Å². The average molecular weight is 271 g/mol. The van der Waals surface area contributed by atoms with Crippen molar-refractivity contribution in [3.8, 4) is 0 Å². The Morgan fingerprint density at radius 2 is 2.26 bits per heavy atom. The molecule has 0 aromatic rings. The second-order valence-electron chi connectivity index (χ2n) is 5.31. The number of nitrogens with zero attached hydrogens (tertiary/aromatic N) is 1. The summed E-state index contributed by atoms with van der Waals surface area (Å²) in [6.45, 7) is 7.18. The van der Waals surface area contributed by atoms with E-state index in [1.807, 2.05) is 6.92 Å². The smallest absolute Gasteiger partial charge is 0.227 e. The molecule has 6 heteroatoms. The Bertz CT molecular complexity index is 301. The van der Waals surface area contributed by atoms with Crippen LogP contribution in [-0.2, 0) is 14.3 Å². The molecule has 0 aromatic carbocycles. The predicted octanol–water partition coefficient (Wildman–Crippen LogP) is -0.942. The van der Waals surface area contributed by atoms with Gasteiger partial charge in [0.05, 0.1) is 31.8 Å². The molecule has 3 unspecified atom stereocenters. The zero-order valence-electron chi connectivity index (χ0n) is 11.9. The van der Waals surface area contributed by atoms with E-state index in [-0.39, 0.29) is 24.0 Å². The zero-order valence-corrected chi connectivity index (χ0v) is 11.9. The molecular formula is C13H25N3O3. The molecule has 0 bridgehead atoms. The molecule has 0 radical (unpaired) electrons. The molecule has 2 rings (SSSR count). The van der Waals surface area contributed by atoms with Gasteiger partial charge in [-0.05, 0) is 13.6 Å². The van der Waals surface area contributed by atoms with Gasteiger partial charge < -0.3 is 25.0 Å². The number of amides is 1. The van der Waals surface area contributed by atoms with E-state index in [0.717, 1.165) is 26.2 Å². The van der Waals surface area contributed by atoms with Gasteiger partial charge in [-0.3, -0.25) is 4.79 Å². The van der Waals surface area contributed by atoms with E-state index in [9.17, 15) is 4.79 Å². The molecule has 0 spiro atoms. The number of hydrogen-bond donors (Lipinski definition) is 2. The predicted molar refractivity (Wildman–Crippen MR) is 72.0 cm³/mol. The van der Waals surface area contributed by atoms with Crippen molar-refractivity contribution < 1.29 is 14.3 Å². The maximum atomic E-state index is 12.2. The highest BCUT2D eigenvalue weighted by Crippen LogP contribution is 2.14. The minimum absolute atomic E-state index is 0.0697. The number of hydrogen-bond acceptors (Lipinski definition) is 5. The summed E-state index contributed by atoms with van der Waals surface area (Å²) in [6.07, 6.45) is 0.0996. The zero-order chi connectivity index (χ0) is 13.7. The average Bonchev–Trinajstić information content (AvgIpc) is 2.85. The number of rotatable bonds is 5. The molecule has 0 aliphatic carbocycles. The fraction of sp³-hybridized carbons (Fsp3) is 0.923. The fourth-order valence-electron chi connectivity index (χ4n) is 2.61. The highest BCUT2D eigenvalue weighted by atomic mass is 16.5. The van der Waals surface area contributed by atoms with Crippen molar-refractivity contribution in [3.05, 3.63) is 0 Å². The van der Waals surface area contributed by atoms with Crippen molar-refractivity contribution >= 4 is 5.91 Å². The largest absolute Gasteiger partial charge is 0.379 e. The number of nitrogens with one attached hydrogen (secondary N) is 2. The number of ether oxygens (including phenoxy) is 2. The van der Waals surface area contributed by atoms with Gasteiger partial charge in [0.25, 0.3) is 0 Å². The summed E-state index contributed by atoms with van der Waals surface area (Å²) in [7, 11) is 2.07. The first-order valence-corrected chi connectivity index (χ1v) is 7.09. The van der Waals surface area contributed by atoms with Crippen LogP contribution in [0.2, 0.25) is 0 Å². The van der Waals surface area contributed by atoms with Crippen molar-refractivity contribution in [1.29, 1.82) is 0 Å². The number of likely N-dealkylation sites (N-methyl/N-ethyl adjacent to an activating group) is 2. The Kier molecular flexibility index (Phi) is 5.57. The molecule has 19 heavy (non-hydrogen) atoms. The van der Waals surface area contributed by atoms with Crippen LogP contribution >= 0.6 is 0 Å². The number of morpholine rings is 1. The molecule has 2 heterocycles. The maximum absolute atomic E-state index is 12.2. The molecule has 0 saturated carbocycles. The quantitative estimate of drug-likeness (QED) is 0.675.